The molecule has 2 aliphatic heterocycles. The Morgan fingerprint density at radius 2 is 2.04 bits per heavy atom. The van der Waals surface area contributed by atoms with Crippen molar-refractivity contribution in [1.29, 1.82) is 0 Å². The van der Waals surface area contributed by atoms with E-state index >= 15 is 0 Å². The van der Waals surface area contributed by atoms with Gasteiger partial charge in [0.2, 0.25) is 0 Å². The second kappa shape index (κ2) is 6.19. The molecule has 0 radical (unpaired) electrons. The van der Waals surface area contributed by atoms with Crippen LogP contribution in [0.3, 0.4) is 0 Å². The number of rotatable bonds is 3. The van der Waals surface area contributed by atoms with E-state index < -0.39 is 9.84 Å². The van der Waals surface area contributed by atoms with Crippen LogP contribution >= 0.6 is 0 Å². The minimum Gasteiger partial charge on any atom is -0.300 e. The number of piperazine rings is 1. The lowest BCUT2D eigenvalue weighted by atomic mass is 10.0. The molecule has 2 aliphatic rings. The summed E-state index contributed by atoms with van der Waals surface area (Å²) in [6.45, 7) is 2.09. The highest BCUT2D eigenvalue weighted by Gasteiger charge is 2.45. The molecule has 0 amide bonds. The Morgan fingerprint density at radius 1 is 1.24 bits per heavy atom. The molecule has 25 heavy (non-hydrogen) atoms. The SMILES string of the molecule is CN1CCN(Cc2cc(F)ccc2-n2cccn2)[C@H]2CS(=O)(=O)C[C@H]21. The highest BCUT2D eigenvalue weighted by atomic mass is 32.2. The van der Waals surface area contributed by atoms with Crippen LogP contribution < -0.4 is 0 Å². The molecule has 2 saturated heterocycles. The molecule has 1 aromatic carbocycles. The Bertz CT molecular complexity index is 869. The standard InChI is InChI=1S/C17H21FN4O2S/c1-20-7-8-21(17-12-25(23,24)11-16(17)20)10-13-9-14(18)3-4-15(13)22-6-2-5-19-22/h2-6,9,16-17H,7-8,10-12H2,1H3/t16-,17+/m1/s1. The predicted molar refractivity (Wildman–Crippen MR) is 92.8 cm³/mol. The van der Waals surface area contributed by atoms with Crippen molar-refractivity contribution in [2.75, 3.05) is 31.6 Å². The molecule has 2 aromatic rings. The first-order valence-electron chi connectivity index (χ1n) is 8.36. The highest BCUT2D eigenvalue weighted by molar-refractivity contribution is 7.91. The summed E-state index contributed by atoms with van der Waals surface area (Å²) in [7, 11) is -1.04. The van der Waals surface area contributed by atoms with Gasteiger partial charge in [-0.05, 0) is 36.9 Å². The van der Waals surface area contributed by atoms with Gasteiger partial charge in [-0.15, -0.1) is 0 Å². The number of benzene rings is 1. The average Bonchev–Trinajstić information content (AvgIpc) is 3.18. The summed E-state index contributed by atoms with van der Waals surface area (Å²) in [6.07, 6.45) is 3.51. The molecule has 3 heterocycles. The minimum atomic E-state index is -3.02. The topological polar surface area (TPSA) is 58.4 Å². The summed E-state index contributed by atoms with van der Waals surface area (Å²) in [5.74, 6) is 0.0875. The normalized spacial score (nSPS) is 26.6. The largest absolute Gasteiger partial charge is 0.300 e. The van der Waals surface area contributed by atoms with Gasteiger partial charge in [0.05, 0.1) is 17.2 Å². The van der Waals surface area contributed by atoms with Gasteiger partial charge in [-0.3, -0.25) is 9.80 Å². The molecule has 0 N–H and O–H groups in total. The van der Waals surface area contributed by atoms with Crippen LogP contribution in [0.5, 0.6) is 0 Å². The zero-order valence-corrected chi connectivity index (χ0v) is 14.9. The number of likely N-dealkylation sites (N-methyl/N-ethyl adjacent to an activating group) is 1. The fourth-order valence-corrected chi connectivity index (χ4v) is 6.02. The van der Waals surface area contributed by atoms with E-state index in [1.54, 1.807) is 16.9 Å². The van der Waals surface area contributed by atoms with Gasteiger partial charge in [-0.1, -0.05) is 0 Å². The van der Waals surface area contributed by atoms with Crippen molar-refractivity contribution in [3.8, 4) is 5.69 Å². The van der Waals surface area contributed by atoms with Crippen LogP contribution in [-0.2, 0) is 16.4 Å². The second-order valence-corrected chi connectivity index (χ2v) is 9.04. The van der Waals surface area contributed by atoms with E-state index in [1.807, 2.05) is 19.3 Å². The second-order valence-electron chi connectivity index (χ2n) is 6.89. The van der Waals surface area contributed by atoms with Crippen molar-refractivity contribution in [2.24, 2.45) is 0 Å². The molecule has 0 saturated carbocycles. The zero-order valence-electron chi connectivity index (χ0n) is 14.0. The predicted octanol–water partition coefficient (Wildman–Crippen LogP) is 0.924. The van der Waals surface area contributed by atoms with Crippen LogP contribution in [0.4, 0.5) is 4.39 Å². The summed E-state index contributed by atoms with van der Waals surface area (Å²) in [4.78, 5) is 4.31. The summed E-state index contributed by atoms with van der Waals surface area (Å²) in [5, 5.41) is 4.24. The Morgan fingerprint density at radius 3 is 2.80 bits per heavy atom. The van der Waals surface area contributed by atoms with Gasteiger partial charge in [0.25, 0.3) is 0 Å². The maximum atomic E-state index is 13.8. The third kappa shape index (κ3) is 3.21. The molecule has 4 rings (SSSR count). The maximum Gasteiger partial charge on any atom is 0.153 e. The molecule has 134 valence electrons. The molecule has 0 unspecified atom stereocenters. The van der Waals surface area contributed by atoms with Crippen molar-refractivity contribution < 1.29 is 12.8 Å². The van der Waals surface area contributed by atoms with Crippen LogP contribution in [0.2, 0.25) is 0 Å². The van der Waals surface area contributed by atoms with E-state index in [2.05, 4.69) is 14.9 Å². The molecular formula is C17H21FN4O2S. The van der Waals surface area contributed by atoms with Gasteiger partial charge < -0.3 is 0 Å². The van der Waals surface area contributed by atoms with E-state index in [1.165, 1.54) is 12.1 Å². The van der Waals surface area contributed by atoms with Crippen LogP contribution in [0, 0.1) is 5.82 Å². The number of halogens is 1. The number of fused-ring (bicyclic) bond motifs is 1. The maximum absolute atomic E-state index is 13.8. The Balaban J connectivity index is 1.65. The monoisotopic (exact) mass is 364 g/mol. The summed E-state index contributed by atoms with van der Waals surface area (Å²) >= 11 is 0. The highest BCUT2D eigenvalue weighted by Crippen LogP contribution is 2.28. The van der Waals surface area contributed by atoms with Gasteiger partial charge in [-0.2, -0.15) is 5.10 Å². The molecule has 0 spiro atoms. The Kier molecular flexibility index (Phi) is 4.13. The number of nitrogens with zero attached hydrogens (tertiary/aromatic N) is 4. The molecule has 2 fully saturated rings. The van der Waals surface area contributed by atoms with Crippen molar-refractivity contribution >= 4 is 9.84 Å². The summed E-state index contributed by atoms with van der Waals surface area (Å²) in [5.41, 5.74) is 1.64. The van der Waals surface area contributed by atoms with Crippen molar-refractivity contribution in [3.05, 3.63) is 48.0 Å². The summed E-state index contributed by atoms with van der Waals surface area (Å²) < 4.78 is 39.8. The zero-order chi connectivity index (χ0) is 17.6. The fourth-order valence-electron chi connectivity index (χ4n) is 3.93. The lowest BCUT2D eigenvalue weighted by Crippen LogP contribution is -2.57. The van der Waals surface area contributed by atoms with Crippen molar-refractivity contribution in [2.45, 2.75) is 18.6 Å². The number of sulfone groups is 1. The molecular weight excluding hydrogens is 343 g/mol. The van der Waals surface area contributed by atoms with Crippen LogP contribution in [0.15, 0.2) is 36.7 Å². The lowest BCUT2D eigenvalue weighted by Gasteiger charge is -2.42. The Labute approximate surface area is 146 Å². The van der Waals surface area contributed by atoms with Gasteiger partial charge >= 0.3 is 0 Å². The molecule has 0 aliphatic carbocycles. The van der Waals surface area contributed by atoms with Gasteiger partial charge in [0, 0.05) is 44.1 Å². The van der Waals surface area contributed by atoms with E-state index in [4.69, 9.17) is 0 Å². The smallest absolute Gasteiger partial charge is 0.153 e. The van der Waals surface area contributed by atoms with Gasteiger partial charge in [0.1, 0.15) is 5.82 Å². The molecule has 8 heteroatoms. The summed E-state index contributed by atoms with van der Waals surface area (Å²) in [6, 6.07) is 6.46. The molecule has 2 atom stereocenters. The Hall–Kier alpha value is -1.77. The van der Waals surface area contributed by atoms with E-state index in [0.29, 0.717) is 6.54 Å². The average molecular weight is 364 g/mol. The molecule has 6 nitrogen and oxygen atoms in total. The first kappa shape index (κ1) is 16.7. The lowest BCUT2D eigenvalue weighted by molar-refractivity contribution is 0.0572. The quantitative estimate of drug-likeness (QED) is 0.811. The van der Waals surface area contributed by atoms with Gasteiger partial charge in [-0.25, -0.2) is 17.5 Å². The van der Waals surface area contributed by atoms with Crippen LogP contribution in [0.1, 0.15) is 5.56 Å². The van der Waals surface area contributed by atoms with Crippen LogP contribution in [0.25, 0.3) is 5.69 Å². The van der Waals surface area contributed by atoms with Crippen molar-refractivity contribution in [3.63, 3.8) is 0 Å². The fraction of sp³-hybridized carbons (Fsp3) is 0.471. The number of aromatic nitrogens is 2. The van der Waals surface area contributed by atoms with Crippen LogP contribution in [-0.4, -0.2) is 71.7 Å². The first-order valence-corrected chi connectivity index (χ1v) is 10.2. The van der Waals surface area contributed by atoms with E-state index in [9.17, 15) is 12.8 Å². The third-order valence-corrected chi connectivity index (χ3v) is 6.93. The van der Waals surface area contributed by atoms with E-state index in [-0.39, 0.29) is 29.4 Å². The number of hydrogen-bond acceptors (Lipinski definition) is 5. The first-order chi connectivity index (χ1) is 11.9. The third-order valence-electron chi connectivity index (χ3n) is 5.23. The van der Waals surface area contributed by atoms with Gasteiger partial charge in [0.15, 0.2) is 9.84 Å². The molecule has 0 bridgehead atoms. The number of hydrogen-bond donors (Lipinski definition) is 0. The minimum absolute atomic E-state index is 0.0143. The molecule has 1 aromatic heterocycles. The van der Waals surface area contributed by atoms with E-state index in [0.717, 1.165) is 24.3 Å². The van der Waals surface area contributed by atoms with Crippen molar-refractivity contribution in [1.82, 2.24) is 19.6 Å².